The molecule has 0 aliphatic carbocycles. The molecule has 1 N–H and O–H groups in total. The van der Waals surface area contributed by atoms with Crippen LogP contribution in [0.1, 0.15) is 22.3 Å². The highest BCUT2D eigenvalue weighted by Gasteiger charge is 2.03. The topological polar surface area (TPSA) is 12.0 Å². The van der Waals surface area contributed by atoms with Gasteiger partial charge in [0.2, 0.25) is 0 Å². The molecule has 0 saturated carbocycles. The fraction of sp³-hybridized carbons (Fsp3) is 0.222. The molecule has 2 aromatic rings. The van der Waals surface area contributed by atoms with Gasteiger partial charge in [-0.2, -0.15) is 0 Å². The SMILES string of the molecule is Cc1cc(CNC/C=C/c2ccccc2)cc(C)c1F. The zero-order valence-electron chi connectivity index (χ0n) is 12.0. The number of benzene rings is 2. The van der Waals surface area contributed by atoms with Crippen molar-refractivity contribution in [3.05, 3.63) is 76.6 Å². The van der Waals surface area contributed by atoms with Gasteiger partial charge in [0.05, 0.1) is 0 Å². The quantitative estimate of drug-likeness (QED) is 0.800. The first-order valence-electron chi connectivity index (χ1n) is 6.85. The molecule has 2 heteroatoms. The second-order valence-electron chi connectivity index (χ2n) is 4.99. The van der Waals surface area contributed by atoms with Gasteiger partial charge in [0.15, 0.2) is 0 Å². The third-order valence-corrected chi connectivity index (χ3v) is 3.20. The molecule has 2 rings (SSSR count). The molecule has 1 nitrogen and oxygen atoms in total. The number of hydrogen-bond donors (Lipinski definition) is 1. The monoisotopic (exact) mass is 269 g/mol. The highest BCUT2D eigenvalue weighted by molar-refractivity contribution is 5.48. The van der Waals surface area contributed by atoms with Crippen molar-refractivity contribution in [1.29, 1.82) is 0 Å². The zero-order chi connectivity index (χ0) is 14.4. The van der Waals surface area contributed by atoms with E-state index < -0.39 is 0 Å². The van der Waals surface area contributed by atoms with E-state index in [1.807, 2.05) is 30.3 Å². The molecule has 0 spiro atoms. The van der Waals surface area contributed by atoms with Crippen molar-refractivity contribution >= 4 is 6.08 Å². The Hall–Kier alpha value is -1.93. The number of nitrogens with one attached hydrogen (secondary N) is 1. The Labute approximate surface area is 120 Å². The lowest BCUT2D eigenvalue weighted by Crippen LogP contribution is -2.13. The molecule has 0 unspecified atom stereocenters. The van der Waals surface area contributed by atoms with E-state index in [-0.39, 0.29) is 5.82 Å². The predicted molar refractivity (Wildman–Crippen MR) is 83.1 cm³/mol. The van der Waals surface area contributed by atoms with Crippen LogP contribution in [0.2, 0.25) is 0 Å². The maximum Gasteiger partial charge on any atom is 0.129 e. The van der Waals surface area contributed by atoms with Gasteiger partial charge < -0.3 is 5.32 Å². The summed E-state index contributed by atoms with van der Waals surface area (Å²) in [7, 11) is 0. The van der Waals surface area contributed by atoms with Crippen LogP contribution in [0.5, 0.6) is 0 Å². The molecular formula is C18H20FN. The first-order chi connectivity index (χ1) is 9.66. The molecule has 0 aromatic heterocycles. The van der Waals surface area contributed by atoms with Gasteiger partial charge in [0, 0.05) is 13.1 Å². The first-order valence-corrected chi connectivity index (χ1v) is 6.85. The molecule has 0 heterocycles. The van der Waals surface area contributed by atoms with Crippen molar-refractivity contribution in [3.63, 3.8) is 0 Å². The number of hydrogen-bond acceptors (Lipinski definition) is 1. The number of rotatable bonds is 5. The highest BCUT2D eigenvalue weighted by atomic mass is 19.1. The summed E-state index contributed by atoms with van der Waals surface area (Å²) in [6.45, 7) is 5.16. The lowest BCUT2D eigenvalue weighted by atomic mass is 10.1. The third-order valence-electron chi connectivity index (χ3n) is 3.20. The minimum Gasteiger partial charge on any atom is -0.309 e. The minimum atomic E-state index is -0.0993. The number of aryl methyl sites for hydroxylation is 2. The first kappa shape index (κ1) is 14.5. The van der Waals surface area contributed by atoms with Crippen molar-refractivity contribution in [2.75, 3.05) is 6.54 Å². The molecule has 0 fully saturated rings. The maximum atomic E-state index is 13.5. The summed E-state index contributed by atoms with van der Waals surface area (Å²) in [5.74, 6) is -0.0993. The average Bonchev–Trinajstić information content (AvgIpc) is 2.45. The van der Waals surface area contributed by atoms with Gasteiger partial charge in [-0.1, -0.05) is 54.6 Å². The van der Waals surface area contributed by atoms with Crippen LogP contribution < -0.4 is 5.32 Å². The Morgan fingerprint density at radius 1 is 1.05 bits per heavy atom. The average molecular weight is 269 g/mol. The zero-order valence-corrected chi connectivity index (χ0v) is 12.0. The van der Waals surface area contributed by atoms with Crippen LogP contribution in [0.15, 0.2) is 48.5 Å². The van der Waals surface area contributed by atoms with Crippen LogP contribution in [0.4, 0.5) is 4.39 Å². The van der Waals surface area contributed by atoms with Crippen LogP contribution >= 0.6 is 0 Å². The largest absolute Gasteiger partial charge is 0.309 e. The summed E-state index contributed by atoms with van der Waals surface area (Å²) in [5, 5.41) is 3.34. The molecule has 0 saturated heterocycles. The van der Waals surface area contributed by atoms with E-state index in [1.165, 1.54) is 5.56 Å². The van der Waals surface area contributed by atoms with Crippen molar-refractivity contribution in [3.8, 4) is 0 Å². The molecule has 20 heavy (non-hydrogen) atoms. The van der Waals surface area contributed by atoms with E-state index in [9.17, 15) is 4.39 Å². The molecule has 2 aromatic carbocycles. The Balaban J connectivity index is 1.83. The van der Waals surface area contributed by atoms with Crippen LogP contribution in [0, 0.1) is 19.7 Å². The normalized spacial score (nSPS) is 11.2. The Bertz CT molecular complexity index is 565. The van der Waals surface area contributed by atoms with Gasteiger partial charge in [-0.05, 0) is 36.1 Å². The molecule has 0 atom stereocenters. The lowest BCUT2D eigenvalue weighted by Gasteiger charge is -2.07. The van der Waals surface area contributed by atoms with E-state index in [1.54, 1.807) is 13.8 Å². The molecule has 0 aliphatic heterocycles. The standard InChI is InChI=1S/C18H20FN/c1-14-11-17(12-15(2)18(14)19)13-20-10-6-9-16-7-4-3-5-8-16/h3-9,11-12,20H,10,13H2,1-2H3/b9-6+. The second kappa shape index (κ2) is 7.01. The van der Waals surface area contributed by atoms with Crippen molar-refractivity contribution in [1.82, 2.24) is 5.32 Å². The summed E-state index contributed by atoms with van der Waals surface area (Å²) in [6.07, 6.45) is 4.19. The molecule has 0 amide bonds. The van der Waals surface area contributed by atoms with E-state index in [0.29, 0.717) is 11.1 Å². The predicted octanol–water partition coefficient (Wildman–Crippen LogP) is 4.25. The Kier molecular flexibility index (Phi) is 5.08. The van der Waals surface area contributed by atoms with E-state index in [2.05, 4.69) is 29.6 Å². The fourth-order valence-corrected chi connectivity index (χ4v) is 2.20. The van der Waals surface area contributed by atoms with Crippen molar-refractivity contribution < 1.29 is 4.39 Å². The molecule has 104 valence electrons. The summed E-state index contributed by atoms with van der Waals surface area (Å²) in [4.78, 5) is 0. The maximum absolute atomic E-state index is 13.5. The Morgan fingerprint density at radius 2 is 1.70 bits per heavy atom. The van der Waals surface area contributed by atoms with Crippen molar-refractivity contribution in [2.24, 2.45) is 0 Å². The number of halogens is 1. The van der Waals surface area contributed by atoms with Gasteiger partial charge in [0.1, 0.15) is 5.82 Å². The van der Waals surface area contributed by atoms with Crippen LogP contribution in [-0.2, 0) is 6.54 Å². The summed E-state index contributed by atoms with van der Waals surface area (Å²) >= 11 is 0. The Morgan fingerprint density at radius 3 is 2.35 bits per heavy atom. The van der Waals surface area contributed by atoms with Crippen LogP contribution in [0.3, 0.4) is 0 Å². The summed E-state index contributed by atoms with van der Waals surface area (Å²) in [6, 6.07) is 14.0. The van der Waals surface area contributed by atoms with Gasteiger partial charge >= 0.3 is 0 Å². The fourth-order valence-electron chi connectivity index (χ4n) is 2.20. The summed E-state index contributed by atoms with van der Waals surface area (Å²) in [5.41, 5.74) is 3.74. The highest BCUT2D eigenvalue weighted by Crippen LogP contribution is 2.14. The molecule has 0 radical (unpaired) electrons. The van der Waals surface area contributed by atoms with Gasteiger partial charge in [0.25, 0.3) is 0 Å². The minimum absolute atomic E-state index is 0.0993. The summed E-state index contributed by atoms with van der Waals surface area (Å²) < 4.78 is 13.5. The van der Waals surface area contributed by atoms with E-state index >= 15 is 0 Å². The van der Waals surface area contributed by atoms with Gasteiger partial charge in [-0.15, -0.1) is 0 Å². The lowest BCUT2D eigenvalue weighted by molar-refractivity contribution is 0.607. The van der Waals surface area contributed by atoms with Crippen molar-refractivity contribution in [2.45, 2.75) is 20.4 Å². The van der Waals surface area contributed by atoms with Gasteiger partial charge in [-0.25, -0.2) is 4.39 Å². The second-order valence-corrected chi connectivity index (χ2v) is 4.99. The van der Waals surface area contributed by atoms with E-state index in [4.69, 9.17) is 0 Å². The molecule has 0 aliphatic rings. The smallest absolute Gasteiger partial charge is 0.129 e. The van der Waals surface area contributed by atoms with Gasteiger partial charge in [-0.3, -0.25) is 0 Å². The van der Waals surface area contributed by atoms with E-state index in [0.717, 1.165) is 18.7 Å². The third kappa shape index (κ3) is 4.04. The van der Waals surface area contributed by atoms with Crippen LogP contribution in [0.25, 0.3) is 6.08 Å². The molecule has 0 bridgehead atoms. The van der Waals surface area contributed by atoms with Crippen LogP contribution in [-0.4, -0.2) is 6.54 Å². The molecular weight excluding hydrogens is 249 g/mol.